The van der Waals surface area contributed by atoms with Crippen molar-refractivity contribution < 1.29 is 5.11 Å². The third-order valence-corrected chi connectivity index (χ3v) is 2.50. The van der Waals surface area contributed by atoms with E-state index in [2.05, 4.69) is 19.9 Å². The molecule has 1 N–H and O–H groups in total. The zero-order valence-electron chi connectivity index (χ0n) is 8.76. The molecule has 0 amide bonds. The normalized spacial score (nSPS) is 10.9. The van der Waals surface area contributed by atoms with Crippen LogP contribution in [0.1, 0.15) is 25.0 Å². The minimum absolute atomic E-state index is 0.180. The Kier molecular flexibility index (Phi) is 4.43. The number of rotatable bonds is 4. The first-order chi connectivity index (χ1) is 6.63. The Balaban J connectivity index is 2.79. The van der Waals surface area contributed by atoms with Gasteiger partial charge in [0.1, 0.15) is 0 Å². The van der Waals surface area contributed by atoms with Crippen molar-refractivity contribution >= 4 is 11.6 Å². The molecule has 2 heteroatoms. The van der Waals surface area contributed by atoms with E-state index < -0.39 is 0 Å². The van der Waals surface area contributed by atoms with Crippen LogP contribution in [-0.2, 0) is 12.8 Å². The summed E-state index contributed by atoms with van der Waals surface area (Å²) in [4.78, 5) is 0. The van der Waals surface area contributed by atoms with E-state index in [0.29, 0.717) is 12.3 Å². The Bertz CT molecular complexity index is 294. The molecule has 0 saturated carbocycles. The molecule has 0 aliphatic carbocycles. The molecule has 1 nitrogen and oxygen atoms in total. The monoisotopic (exact) mass is 212 g/mol. The minimum atomic E-state index is 0.180. The Morgan fingerprint density at radius 2 is 2.07 bits per heavy atom. The molecule has 0 atom stereocenters. The number of aliphatic hydroxyl groups is 1. The zero-order chi connectivity index (χ0) is 10.6. The predicted molar refractivity (Wildman–Crippen MR) is 60.8 cm³/mol. The molecule has 1 aromatic carbocycles. The molecule has 0 aliphatic rings. The summed E-state index contributed by atoms with van der Waals surface area (Å²) in [7, 11) is 0. The smallest absolute Gasteiger partial charge is 0.0471 e. The summed E-state index contributed by atoms with van der Waals surface area (Å²) < 4.78 is 0. The van der Waals surface area contributed by atoms with Gasteiger partial charge in [-0.15, -0.1) is 0 Å². The van der Waals surface area contributed by atoms with Gasteiger partial charge in [-0.1, -0.05) is 37.6 Å². The molecule has 14 heavy (non-hydrogen) atoms. The lowest BCUT2D eigenvalue weighted by atomic mass is 10.0. The van der Waals surface area contributed by atoms with Crippen LogP contribution in [0.4, 0.5) is 0 Å². The molecule has 0 aromatic heterocycles. The van der Waals surface area contributed by atoms with Gasteiger partial charge in [-0.05, 0) is 36.0 Å². The predicted octanol–water partition coefficient (Wildman–Crippen LogP) is 3.07. The minimum Gasteiger partial charge on any atom is -0.396 e. The molecule has 0 heterocycles. The first-order valence-electron chi connectivity index (χ1n) is 5.01. The molecular formula is C12H17ClO. The summed E-state index contributed by atoms with van der Waals surface area (Å²) in [5, 5.41) is 9.61. The topological polar surface area (TPSA) is 20.2 Å². The fourth-order valence-corrected chi connectivity index (χ4v) is 1.76. The summed E-state index contributed by atoms with van der Waals surface area (Å²) in [6.45, 7) is 4.54. The van der Waals surface area contributed by atoms with E-state index in [-0.39, 0.29) is 6.61 Å². The molecule has 0 bridgehead atoms. The van der Waals surface area contributed by atoms with E-state index in [9.17, 15) is 0 Å². The zero-order valence-corrected chi connectivity index (χ0v) is 9.51. The highest BCUT2D eigenvalue weighted by atomic mass is 35.5. The van der Waals surface area contributed by atoms with Crippen LogP contribution in [0.25, 0.3) is 0 Å². The van der Waals surface area contributed by atoms with E-state index in [1.165, 1.54) is 5.56 Å². The summed E-state index contributed by atoms with van der Waals surface area (Å²) >= 11 is 6.13. The maximum absolute atomic E-state index is 8.78. The molecule has 0 unspecified atom stereocenters. The van der Waals surface area contributed by atoms with Gasteiger partial charge in [0, 0.05) is 11.6 Å². The third-order valence-electron chi connectivity index (χ3n) is 2.15. The van der Waals surface area contributed by atoms with Crippen molar-refractivity contribution in [1.29, 1.82) is 0 Å². The van der Waals surface area contributed by atoms with Crippen molar-refractivity contribution in [2.45, 2.75) is 26.7 Å². The maximum atomic E-state index is 8.78. The Hall–Kier alpha value is -0.530. The highest BCUT2D eigenvalue weighted by Gasteiger charge is 2.03. The van der Waals surface area contributed by atoms with Gasteiger partial charge in [-0.2, -0.15) is 0 Å². The number of aliphatic hydroxyl groups excluding tert-OH is 1. The second kappa shape index (κ2) is 5.38. The lowest BCUT2D eigenvalue weighted by Gasteiger charge is -2.08. The van der Waals surface area contributed by atoms with Crippen molar-refractivity contribution in [3.05, 3.63) is 34.3 Å². The fraction of sp³-hybridized carbons (Fsp3) is 0.500. The van der Waals surface area contributed by atoms with E-state index in [1.54, 1.807) is 0 Å². The average molecular weight is 213 g/mol. The van der Waals surface area contributed by atoms with Crippen molar-refractivity contribution in [2.24, 2.45) is 5.92 Å². The number of benzene rings is 1. The molecule has 0 radical (unpaired) electrons. The van der Waals surface area contributed by atoms with E-state index in [0.717, 1.165) is 17.0 Å². The standard InChI is InChI=1S/C12H17ClO/c1-9(2)7-11-4-3-10(5-6-14)8-12(11)13/h3-4,8-9,14H,5-7H2,1-2H3. The van der Waals surface area contributed by atoms with Crippen molar-refractivity contribution in [3.63, 3.8) is 0 Å². The SMILES string of the molecule is CC(C)Cc1ccc(CCO)cc1Cl. The summed E-state index contributed by atoms with van der Waals surface area (Å²) in [6, 6.07) is 6.06. The van der Waals surface area contributed by atoms with Gasteiger partial charge >= 0.3 is 0 Å². The molecule has 0 saturated heterocycles. The van der Waals surface area contributed by atoms with Gasteiger partial charge in [-0.3, -0.25) is 0 Å². The Labute approximate surface area is 90.7 Å². The van der Waals surface area contributed by atoms with Crippen LogP contribution in [0, 0.1) is 5.92 Å². The second-order valence-corrected chi connectivity index (χ2v) is 4.40. The first-order valence-corrected chi connectivity index (χ1v) is 5.39. The molecular weight excluding hydrogens is 196 g/mol. The van der Waals surface area contributed by atoms with Crippen LogP contribution >= 0.6 is 11.6 Å². The van der Waals surface area contributed by atoms with Gasteiger partial charge in [0.2, 0.25) is 0 Å². The molecule has 1 rings (SSSR count). The molecule has 0 spiro atoms. The first kappa shape index (κ1) is 11.5. The van der Waals surface area contributed by atoms with Crippen molar-refractivity contribution in [2.75, 3.05) is 6.61 Å². The molecule has 0 fully saturated rings. The van der Waals surface area contributed by atoms with E-state index in [4.69, 9.17) is 16.7 Å². The summed E-state index contributed by atoms with van der Waals surface area (Å²) in [5.41, 5.74) is 2.30. The fourth-order valence-electron chi connectivity index (χ4n) is 1.48. The molecule has 78 valence electrons. The highest BCUT2D eigenvalue weighted by molar-refractivity contribution is 6.31. The number of hydrogen-bond acceptors (Lipinski definition) is 1. The summed E-state index contributed by atoms with van der Waals surface area (Å²) in [5.74, 6) is 0.621. The largest absolute Gasteiger partial charge is 0.396 e. The van der Waals surface area contributed by atoms with Gasteiger partial charge < -0.3 is 5.11 Å². The molecule has 0 aliphatic heterocycles. The van der Waals surface area contributed by atoms with Gasteiger partial charge in [0.05, 0.1) is 0 Å². The van der Waals surface area contributed by atoms with Gasteiger partial charge in [0.15, 0.2) is 0 Å². The number of halogens is 1. The lowest BCUT2D eigenvalue weighted by Crippen LogP contribution is -1.97. The van der Waals surface area contributed by atoms with Crippen LogP contribution in [0.5, 0.6) is 0 Å². The van der Waals surface area contributed by atoms with Crippen molar-refractivity contribution in [1.82, 2.24) is 0 Å². The molecule has 1 aromatic rings. The van der Waals surface area contributed by atoms with Crippen LogP contribution in [0.2, 0.25) is 5.02 Å². The Morgan fingerprint density at radius 3 is 2.57 bits per heavy atom. The van der Waals surface area contributed by atoms with Gasteiger partial charge in [0.25, 0.3) is 0 Å². The second-order valence-electron chi connectivity index (χ2n) is 4.00. The van der Waals surface area contributed by atoms with Crippen molar-refractivity contribution in [3.8, 4) is 0 Å². The highest BCUT2D eigenvalue weighted by Crippen LogP contribution is 2.21. The van der Waals surface area contributed by atoms with E-state index >= 15 is 0 Å². The van der Waals surface area contributed by atoms with Crippen LogP contribution in [0.15, 0.2) is 18.2 Å². The van der Waals surface area contributed by atoms with Crippen LogP contribution in [0.3, 0.4) is 0 Å². The van der Waals surface area contributed by atoms with Crippen LogP contribution in [-0.4, -0.2) is 11.7 Å². The maximum Gasteiger partial charge on any atom is 0.0471 e. The Morgan fingerprint density at radius 1 is 1.36 bits per heavy atom. The third kappa shape index (κ3) is 3.32. The number of hydrogen-bond donors (Lipinski definition) is 1. The van der Waals surface area contributed by atoms with E-state index in [1.807, 2.05) is 12.1 Å². The summed E-state index contributed by atoms with van der Waals surface area (Å²) in [6.07, 6.45) is 1.69. The van der Waals surface area contributed by atoms with Gasteiger partial charge in [-0.25, -0.2) is 0 Å². The average Bonchev–Trinajstić information content (AvgIpc) is 2.10. The quantitative estimate of drug-likeness (QED) is 0.814. The lowest BCUT2D eigenvalue weighted by molar-refractivity contribution is 0.299. The van der Waals surface area contributed by atoms with Crippen LogP contribution < -0.4 is 0 Å².